The molecule has 1 saturated carbocycles. The van der Waals surface area contributed by atoms with Gasteiger partial charge in [-0.2, -0.15) is 5.26 Å². The van der Waals surface area contributed by atoms with Crippen molar-refractivity contribution < 1.29 is 14.4 Å². The average molecular weight is 376 g/mol. The molecule has 0 atom stereocenters. The molecule has 0 unspecified atom stereocenters. The Labute approximate surface area is 161 Å². The van der Waals surface area contributed by atoms with Gasteiger partial charge < -0.3 is 20.9 Å². The lowest BCUT2D eigenvalue weighted by molar-refractivity contribution is -0.133. The van der Waals surface area contributed by atoms with E-state index in [4.69, 9.17) is 5.73 Å². The number of nitrogens with one attached hydrogen (secondary N) is 1. The van der Waals surface area contributed by atoms with Crippen molar-refractivity contribution in [3.05, 3.63) is 6.42 Å². The lowest BCUT2D eigenvalue weighted by Gasteiger charge is -2.38. The Morgan fingerprint density at radius 1 is 1.26 bits per heavy atom. The minimum atomic E-state index is -0.938. The number of amides is 4. The molecule has 0 aromatic carbocycles. The van der Waals surface area contributed by atoms with Gasteiger partial charge in [-0.3, -0.25) is 9.59 Å². The van der Waals surface area contributed by atoms with Crippen LogP contribution in [0.15, 0.2) is 0 Å². The number of carbonyl (C=O) groups is 3. The molecule has 4 amide bonds. The summed E-state index contributed by atoms with van der Waals surface area (Å²) >= 11 is 0. The molecule has 8 heteroatoms. The molecule has 1 aliphatic heterocycles. The number of urea groups is 1. The summed E-state index contributed by atoms with van der Waals surface area (Å²) in [6.07, 6.45) is 9.27. The van der Waals surface area contributed by atoms with Crippen molar-refractivity contribution >= 4 is 17.8 Å². The van der Waals surface area contributed by atoms with E-state index in [1.807, 2.05) is 0 Å². The number of piperidine rings is 1. The summed E-state index contributed by atoms with van der Waals surface area (Å²) in [4.78, 5) is 38.3. The molecule has 8 nitrogen and oxygen atoms in total. The number of nitrogens with zero attached hydrogens (tertiary/aromatic N) is 3. The number of nitriles is 1. The molecule has 0 bridgehead atoms. The number of primary amides is 1. The molecular formula is C19H30N5O3. The van der Waals surface area contributed by atoms with E-state index in [0.717, 1.165) is 11.3 Å². The molecule has 1 aliphatic carbocycles. The van der Waals surface area contributed by atoms with E-state index in [2.05, 4.69) is 11.4 Å². The smallest absolute Gasteiger partial charge is 0.314 e. The van der Waals surface area contributed by atoms with E-state index >= 15 is 0 Å². The Kier molecular flexibility index (Phi) is 7.45. The molecule has 2 fully saturated rings. The zero-order chi connectivity index (χ0) is 19.9. The van der Waals surface area contributed by atoms with Gasteiger partial charge in [-0.15, -0.1) is 0 Å². The molecule has 149 valence electrons. The monoisotopic (exact) mass is 376 g/mol. The maximum absolute atomic E-state index is 12.3. The van der Waals surface area contributed by atoms with E-state index in [-0.39, 0.29) is 18.4 Å². The topological polar surface area (TPSA) is 120 Å². The van der Waals surface area contributed by atoms with Crippen molar-refractivity contribution in [3.63, 3.8) is 0 Å². The molecule has 1 radical (unpaired) electrons. The lowest BCUT2D eigenvalue weighted by atomic mass is 9.85. The van der Waals surface area contributed by atoms with Crippen LogP contribution in [0, 0.1) is 23.7 Å². The molecule has 2 aliphatic rings. The van der Waals surface area contributed by atoms with Crippen molar-refractivity contribution in [1.29, 1.82) is 5.26 Å². The summed E-state index contributed by atoms with van der Waals surface area (Å²) in [6.45, 7) is 0.639. The minimum Gasteiger partial charge on any atom is -0.351 e. The molecule has 1 saturated heterocycles. The molecule has 1 heterocycles. The second kappa shape index (κ2) is 9.58. The van der Waals surface area contributed by atoms with Gasteiger partial charge in [0.2, 0.25) is 11.8 Å². The van der Waals surface area contributed by atoms with Crippen molar-refractivity contribution in [2.24, 2.45) is 11.7 Å². The maximum atomic E-state index is 12.3. The van der Waals surface area contributed by atoms with Gasteiger partial charge in [0.25, 0.3) is 0 Å². The Bertz CT molecular complexity index is 587. The van der Waals surface area contributed by atoms with Crippen LogP contribution in [-0.4, -0.2) is 59.9 Å². The van der Waals surface area contributed by atoms with Crippen molar-refractivity contribution in [1.82, 2.24) is 15.1 Å². The highest BCUT2D eigenvalue weighted by atomic mass is 16.2. The standard InChI is InChI=1S/C19H30N5O3/c1-23(18(21)27)13-17(26)24-11-9-19(14-20,10-12-24)22-16(25)8-7-15-5-3-2-4-6-15/h8,15H,2-7,9-13H2,1H3,(H2,21,27)(H,22,25). The fourth-order valence-electron chi connectivity index (χ4n) is 3.77. The van der Waals surface area contributed by atoms with Gasteiger partial charge in [-0.1, -0.05) is 32.1 Å². The fourth-order valence-corrected chi connectivity index (χ4v) is 3.77. The third-order valence-electron chi connectivity index (χ3n) is 5.66. The quantitative estimate of drug-likeness (QED) is 0.723. The maximum Gasteiger partial charge on any atom is 0.314 e. The predicted molar refractivity (Wildman–Crippen MR) is 100 cm³/mol. The summed E-state index contributed by atoms with van der Waals surface area (Å²) in [6, 6.07) is 1.57. The van der Waals surface area contributed by atoms with Gasteiger partial charge in [0, 0.05) is 39.4 Å². The Balaban J connectivity index is 1.79. The van der Waals surface area contributed by atoms with Crippen molar-refractivity contribution in [3.8, 4) is 6.07 Å². The zero-order valence-electron chi connectivity index (χ0n) is 16.1. The molecule has 0 spiro atoms. The summed E-state index contributed by atoms with van der Waals surface area (Å²) in [5.41, 5.74) is 4.20. The number of hydrogen-bond acceptors (Lipinski definition) is 4. The Hall–Kier alpha value is -2.30. The Morgan fingerprint density at radius 3 is 2.44 bits per heavy atom. The van der Waals surface area contributed by atoms with E-state index in [1.165, 1.54) is 39.2 Å². The molecule has 0 aromatic rings. The summed E-state index contributed by atoms with van der Waals surface area (Å²) in [5, 5.41) is 12.5. The van der Waals surface area contributed by atoms with E-state index in [0.29, 0.717) is 31.8 Å². The fraction of sp³-hybridized carbons (Fsp3) is 0.737. The first-order valence-corrected chi connectivity index (χ1v) is 9.70. The van der Waals surface area contributed by atoms with Crippen LogP contribution in [0.1, 0.15) is 51.4 Å². The number of likely N-dealkylation sites (tertiary alicyclic amines) is 1. The minimum absolute atomic E-state index is 0.0869. The number of hydrogen-bond donors (Lipinski definition) is 2. The second-order valence-corrected chi connectivity index (χ2v) is 7.70. The van der Waals surface area contributed by atoms with Crippen LogP contribution in [0.4, 0.5) is 4.79 Å². The largest absolute Gasteiger partial charge is 0.351 e. The summed E-state index contributed by atoms with van der Waals surface area (Å²) < 4.78 is 0. The zero-order valence-corrected chi connectivity index (χ0v) is 16.1. The number of carbonyl (C=O) groups excluding carboxylic acids is 3. The number of nitrogens with two attached hydrogens (primary N) is 1. The van der Waals surface area contributed by atoms with E-state index in [1.54, 1.807) is 11.3 Å². The SMILES string of the molecule is CN(CC(=O)N1CCC(C#N)(NC(=O)[CH]CC2CCCCC2)CC1)C(N)=O. The normalized spacial score (nSPS) is 19.8. The van der Waals surface area contributed by atoms with Gasteiger partial charge in [0.05, 0.1) is 6.07 Å². The van der Waals surface area contributed by atoms with Crippen LogP contribution in [0.5, 0.6) is 0 Å². The number of likely N-dealkylation sites (N-methyl/N-ethyl adjacent to an activating group) is 1. The van der Waals surface area contributed by atoms with E-state index in [9.17, 15) is 19.6 Å². The second-order valence-electron chi connectivity index (χ2n) is 7.70. The molecule has 3 N–H and O–H groups in total. The van der Waals surface area contributed by atoms with Crippen LogP contribution in [0.25, 0.3) is 0 Å². The van der Waals surface area contributed by atoms with Gasteiger partial charge >= 0.3 is 6.03 Å². The van der Waals surface area contributed by atoms with E-state index < -0.39 is 11.6 Å². The lowest BCUT2D eigenvalue weighted by Crippen LogP contribution is -2.56. The highest BCUT2D eigenvalue weighted by Crippen LogP contribution is 2.27. The molecule has 27 heavy (non-hydrogen) atoms. The highest BCUT2D eigenvalue weighted by Gasteiger charge is 2.37. The van der Waals surface area contributed by atoms with Crippen molar-refractivity contribution in [2.45, 2.75) is 56.9 Å². The average Bonchev–Trinajstić information content (AvgIpc) is 2.67. The first kappa shape index (κ1) is 21.0. The highest BCUT2D eigenvalue weighted by molar-refractivity contribution is 5.86. The van der Waals surface area contributed by atoms with Crippen LogP contribution < -0.4 is 11.1 Å². The molecule has 0 aromatic heterocycles. The van der Waals surface area contributed by atoms with Gasteiger partial charge in [-0.25, -0.2) is 4.79 Å². The van der Waals surface area contributed by atoms with Gasteiger partial charge in [0.15, 0.2) is 0 Å². The predicted octanol–water partition coefficient (Wildman–Crippen LogP) is 1.17. The van der Waals surface area contributed by atoms with Crippen LogP contribution in [0.2, 0.25) is 0 Å². The van der Waals surface area contributed by atoms with Gasteiger partial charge in [-0.05, 0) is 12.3 Å². The molecule has 2 rings (SSSR count). The summed E-state index contributed by atoms with van der Waals surface area (Å²) in [5.74, 6) is 0.164. The summed E-state index contributed by atoms with van der Waals surface area (Å²) in [7, 11) is 1.46. The van der Waals surface area contributed by atoms with Gasteiger partial charge in [0.1, 0.15) is 12.1 Å². The third kappa shape index (κ3) is 6.12. The first-order valence-electron chi connectivity index (χ1n) is 9.70. The van der Waals surface area contributed by atoms with Crippen LogP contribution in [0.3, 0.4) is 0 Å². The van der Waals surface area contributed by atoms with Crippen LogP contribution in [-0.2, 0) is 9.59 Å². The molecular weight excluding hydrogens is 346 g/mol. The Morgan fingerprint density at radius 2 is 1.89 bits per heavy atom. The third-order valence-corrected chi connectivity index (χ3v) is 5.66. The number of rotatable bonds is 6. The van der Waals surface area contributed by atoms with Crippen molar-refractivity contribution in [2.75, 3.05) is 26.7 Å². The first-order chi connectivity index (χ1) is 12.8. The van der Waals surface area contributed by atoms with Crippen LogP contribution >= 0.6 is 0 Å².